The lowest BCUT2D eigenvalue weighted by Crippen LogP contribution is -2.18. The summed E-state index contributed by atoms with van der Waals surface area (Å²) < 4.78 is 0. The second kappa shape index (κ2) is 8.05. The summed E-state index contributed by atoms with van der Waals surface area (Å²) in [6, 6.07) is 0. The molecule has 1 saturated carbocycles. The molecule has 0 aromatic rings. The molecule has 0 aromatic carbocycles. The first-order valence-corrected chi connectivity index (χ1v) is 5.80. The first-order valence-electron chi connectivity index (χ1n) is 4.24. The minimum Gasteiger partial charge on any atom is -0.481 e. The van der Waals surface area contributed by atoms with Crippen LogP contribution in [0, 0.1) is 0 Å². The molecule has 0 aliphatic heterocycles. The quantitative estimate of drug-likeness (QED) is 0.442. The molecule has 0 spiro atoms. The van der Waals surface area contributed by atoms with E-state index in [9.17, 15) is 4.79 Å². The van der Waals surface area contributed by atoms with Gasteiger partial charge in [-0.1, -0.05) is 27.5 Å². The van der Waals surface area contributed by atoms with E-state index in [1.165, 1.54) is 0 Å². The molecule has 0 heterocycles. The van der Waals surface area contributed by atoms with Crippen molar-refractivity contribution >= 4 is 39.2 Å². The van der Waals surface area contributed by atoms with Gasteiger partial charge in [-0.2, -0.15) is 0 Å². The summed E-state index contributed by atoms with van der Waals surface area (Å²) >= 11 is 8.51. The molecule has 1 aliphatic rings. The van der Waals surface area contributed by atoms with Crippen LogP contribution in [0.25, 0.3) is 0 Å². The van der Waals surface area contributed by atoms with Gasteiger partial charge < -0.3 is 10.3 Å². The summed E-state index contributed by atoms with van der Waals surface area (Å²) in [6.07, 6.45) is 4.10. The molecule has 14 heavy (non-hydrogen) atoms. The maximum atomic E-state index is 9.32. The maximum Gasteiger partial charge on any atom is 0.314 e. The maximum absolute atomic E-state index is 9.32. The minimum atomic E-state index is -0.829. The zero-order valence-electron chi connectivity index (χ0n) is 7.62. The smallest absolute Gasteiger partial charge is 0.314 e. The van der Waals surface area contributed by atoms with E-state index in [-0.39, 0.29) is 10.7 Å². The van der Waals surface area contributed by atoms with E-state index >= 15 is 0 Å². The molecule has 1 rings (SSSR count). The molecule has 0 radical (unpaired) electrons. The molecular formula is C8H13BrClNO3. The highest BCUT2D eigenvalue weighted by Gasteiger charge is 2.17. The number of hydrogen-bond acceptors (Lipinski definition) is 3. The van der Waals surface area contributed by atoms with Gasteiger partial charge in [-0.3, -0.25) is 4.79 Å². The Morgan fingerprint density at radius 2 is 2.21 bits per heavy atom. The van der Waals surface area contributed by atoms with Crippen LogP contribution in [0.15, 0.2) is 5.16 Å². The average Bonchev–Trinajstić information content (AvgIpc) is 2.19. The molecule has 6 heteroatoms. The third-order valence-corrected chi connectivity index (χ3v) is 2.69. The lowest BCUT2D eigenvalue weighted by atomic mass is 9.98. The summed E-state index contributed by atoms with van der Waals surface area (Å²) in [5.41, 5.74) is 0.753. The number of carboxylic acid groups (broad SMARTS) is 1. The van der Waals surface area contributed by atoms with Gasteiger partial charge in [-0.15, -0.1) is 11.6 Å². The second-order valence-corrected chi connectivity index (χ2v) is 3.92. The normalized spacial score (nSPS) is 23.9. The Hall–Kier alpha value is -0.290. The average molecular weight is 287 g/mol. The van der Waals surface area contributed by atoms with Crippen molar-refractivity contribution in [3.63, 3.8) is 0 Å². The van der Waals surface area contributed by atoms with Crippen LogP contribution in [0.2, 0.25) is 0 Å². The lowest BCUT2D eigenvalue weighted by Gasteiger charge is -2.15. The van der Waals surface area contributed by atoms with Crippen molar-refractivity contribution in [3.8, 4) is 0 Å². The molecule has 1 atom stereocenters. The molecule has 0 saturated heterocycles. The highest BCUT2D eigenvalue weighted by molar-refractivity contribution is 9.09. The predicted octanol–water partition coefficient (Wildman–Crippen LogP) is 2.46. The highest BCUT2D eigenvalue weighted by Crippen LogP contribution is 2.19. The summed E-state index contributed by atoms with van der Waals surface area (Å²) in [6.45, 7) is 0. The summed E-state index contributed by atoms with van der Waals surface area (Å²) in [7, 11) is 0. The van der Waals surface area contributed by atoms with Crippen LogP contribution < -0.4 is 0 Å². The Morgan fingerprint density at radius 1 is 1.64 bits per heavy atom. The third-order valence-electron chi connectivity index (χ3n) is 1.74. The van der Waals surface area contributed by atoms with Crippen molar-refractivity contribution in [2.24, 2.45) is 5.16 Å². The number of alkyl halides is 2. The molecule has 0 aromatic heterocycles. The van der Waals surface area contributed by atoms with E-state index < -0.39 is 5.97 Å². The van der Waals surface area contributed by atoms with E-state index in [0.717, 1.165) is 31.4 Å². The van der Waals surface area contributed by atoms with Crippen molar-refractivity contribution in [1.29, 1.82) is 0 Å². The largest absolute Gasteiger partial charge is 0.481 e. The van der Waals surface area contributed by atoms with Crippen molar-refractivity contribution in [1.82, 2.24) is 0 Å². The number of aliphatic carboxylic acids is 1. The number of nitrogens with zero attached hydrogens (tertiary/aromatic N) is 1. The summed E-state index contributed by atoms with van der Waals surface area (Å²) in [4.78, 5) is 9.32. The fourth-order valence-electron chi connectivity index (χ4n) is 1.07. The molecule has 1 fully saturated rings. The van der Waals surface area contributed by atoms with Gasteiger partial charge in [-0.05, 0) is 19.3 Å². The Balaban J connectivity index is 0.000000292. The van der Waals surface area contributed by atoms with Crippen LogP contribution in [0.3, 0.4) is 0 Å². The fourth-order valence-corrected chi connectivity index (χ4v) is 1.37. The molecule has 1 aliphatic carbocycles. The standard InChI is InChI=1S/C6H10ClNO.C2H3BrO2/c7-5-3-1-2-4-6(5)8-9;3-1-2(4)5/h5,9H,1-4H2;1H2,(H,4,5). The Kier molecular flexibility index (Phi) is 7.89. The second-order valence-electron chi connectivity index (χ2n) is 2.83. The van der Waals surface area contributed by atoms with Gasteiger partial charge in [0.15, 0.2) is 0 Å². The Morgan fingerprint density at radius 3 is 2.50 bits per heavy atom. The Labute approximate surface area is 96.1 Å². The number of rotatable bonds is 1. The molecule has 0 amide bonds. The zero-order valence-corrected chi connectivity index (χ0v) is 9.96. The Bertz CT molecular complexity index is 211. The van der Waals surface area contributed by atoms with Gasteiger partial charge in [0, 0.05) is 0 Å². The number of oxime groups is 1. The molecule has 2 N–H and O–H groups in total. The number of carboxylic acids is 1. The lowest BCUT2D eigenvalue weighted by molar-refractivity contribution is -0.133. The monoisotopic (exact) mass is 285 g/mol. The van der Waals surface area contributed by atoms with Crippen molar-refractivity contribution < 1.29 is 15.1 Å². The van der Waals surface area contributed by atoms with Gasteiger partial charge in [0.25, 0.3) is 0 Å². The van der Waals surface area contributed by atoms with E-state index in [1.807, 2.05) is 0 Å². The SMILES string of the molecule is O=C(O)CBr.ON=C1CCCCC1Cl. The van der Waals surface area contributed by atoms with Crippen LogP contribution >= 0.6 is 27.5 Å². The van der Waals surface area contributed by atoms with E-state index in [2.05, 4.69) is 21.1 Å². The number of halogens is 2. The number of hydrogen-bond donors (Lipinski definition) is 2. The number of carbonyl (C=O) groups is 1. The topological polar surface area (TPSA) is 69.9 Å². The first kappa shape index (κ1) is 13.7. The van der Waals surface area contributed by atoms with Crippen LogP contribution in [0.4, 0.5) is 0 Å². The molecule has 4 nitrogen and oxygen atoms in total. The van der Waals surface area contributed by atoms with Crippen molar-refractivity contribution in [3.05, 3.63) is 0 Å². The van der Waals surface area contributed by atoms with Crippen LogP contribution in [-0.2, 0) is 4.79 Å². The predicted molar refractivity (Wildman–Crippen MR) is 58.8 cm³/mol. The minimum absolute atomic E-state index is 0.0104. The molecule has 1 unspecified atom stereocenters. The zero-order chi connectivity index (χ0) is 11.0. The molecule has 82 valence electrons. The van der Waals surface area contributed by atoms with Crippen LogP contribution in [-0.4, -0.2) is 32.7 Å². The first-order chi connectivity index (χ1) is 6.61. The van der Waals surface area contributed by atoms with E-state index in [1.54, 1.807) is 0 Å². The molecular weight excluding hydrogens is 273 g/mol. The van der Waals surface area contributed by atoms with E-state index in [4.69, 9.17) is 21.9 Å². The summed E-state index contributed by atoms with van der Waals surface area (Å²) in [5.74, 6) is -0.829. The third kappa shape index (κ3) is 6.21. The van der Waals surface area contributed by atoms with Crippen LogP contribution in [0.5, 0.6) is 0 Å². The van der Waals surface area contributed by atoms with Gasteiger partial charge in [0.2, 0.25) is 0 Å². The van der Waals surface area contributed by atoms with E-state index in [0.29, 0.717) is 0 Å². The van der Waals surface area contributed by atoms with Gasteiger partial charge >= 0.3 is 5.97 Å². The van der Waals surface area contributed by atoms with Gasteiger partial charge in [0.1, 0.15) is 5.33 Å². The van der Waals surface area contributed by atoms with Crippen molar-refractivity contribution in [2.45, 2.75) is 31.1 Å². The van der Waals surface area contributed by atoms with Gasteiger partial charge in [0.05, 0.1) is 11.1 Å². The van der Waals surface area contributed by atoms with Crippen LogP contribution in [0.1, 0.15) is 25.7 Å². The molecule has 0 bridgehead atoms. The van der Waals surface area contributed by atoms with Gasteiger partial charge in [-0.25, -0.2) is 0 Å². The fraction of sp³-hybridized carbons (Fsp3) is 0.750. The highest BCUT2D eigenvalue weighted by atomic mass is 79.9. The van der Waals surface area contributed by atoms with Crippen molar-refractivity contribution in [2.75, 3.05) is 5.33 Å². The summed E-state index contributed by atoms with van der Waals surface area (Å²) in [5, 5.41) is 19.2.